The van der Waals surface area contributed by atoms with Crippen molar-refractivity contribution in [1.82, 2.24) is 0 Å². The largest absolute Gasteiger partial charge is 0.397 e. The van der Waals surface area contributed by atoms with E-state index in [9.17, 15) is 21.6 Å². The van der Waals surface area contributed by atoms with Crippen molar-refractivity contribution in [1.29, 1.82) is 0 Å². The standard InChI is InChI=1S/C10H14F3N3O2S/c1-6(5-10(11,12)13)16-9-4-7(19(15,17)18)2-3-8(9)14/h2-4,6,16H,5,14H2,1H3,(H2,15,17,18). The predicted molar refractivity (Wildman–Crippen MR) is 66.0 cm³/mol. The Labute approximate surface area is 108 Å². The Morgan fingerprint density at radius 2 is 1.95 bits per heavy atom. The fourth-order valence-electron chi connectivity index (χ4n) is 1.50. The van der Waals surface area contributed by atoms with E-state index < -0.39 is 28.7 Å². The smallest absolute Gasteiger partial charge is 0.391 e. The van der Waals surface area contributed by atoms with Crippen LogP contribution in [0.25, 0.3) is 0 Å². The maximum atomic E-state index is 12.2. The SMILES string of the molecule is CC(CC(F)(F)F)Nc1cc(S(N)(=O)=O)ccc1N. The topological polar surface area (TPSA) is 98.2 Å². The maximum absolute atomic E-state index is 12.2. The van der Waals surface area contributed by atoms with Crippen LogP contribution in [0.1, 0.15) is 13.3 Å². The molecule has 1 atom stereocenters. The van der Waals surface area contributed by atoms with E-state index in [1.165, 1.54) is 19.1 Å². The van der Waals surface area contributed by atoms with Gasteiger partial charge in [0.1, 0.15) is 0 Å². The first-order valence-electron chi connectivity index (χ1n) is 5.24. The lowest BCUT2D eigenvalue weighted by Crippen LogP contribution is -2.24. The van der Waals surface area contributed by atoms with Crippen molar-refractivity contribution in [2.24, 2.45) is 5.14 Å². The molecule has 0 saturated carbocycles. The first kappa shape index (κ1) is 15.6. The second-order valence-electron chi connectivity index (χ2n) is 4.16. The number of hydrogen-bond acceptors (Lipinski definition) is 4. The Morgan fingerprint density at radius 1 is 1.37 bits per heavy atom. The number of benzene rings is 1. The third-order valence-electron chi connectivity index (χ3n) is 2.29. The number of rotatable bonds is 4. The van der Waals surface area contributed by atoms with Gasteiger partial charge in [-0.3, -0.25) is 0 Å². The van der Waals surface area contributed by atoms with Gasteiger partial charge < -0.3 is 11.1 Å². The molecular formula is C10H14F3N3O2S. The van der Waals surface area contributed by atoms with Gasteiger partial charge in [-0.05, 0) is 25.1 Å². The van der Waals surface area contributed by atoms with E-state index in [4.69, 9.17) is 10.9 Å². The van der Waals surface area contributed by atoms with Gasteiger partial charge in [0.2, 0.25) is 10.0 Å². The molecular weight excluding hydrogens is 283 g/mol. The summed E-state index contributed by atoms with van der Waals surface area (Å²) in [6.07, 6.45) is -5.38. The van der Waals surface area contributed by atoms with E-state index in [0.717, 1.165) is 6.07 Å². The number of sulfonamides is 1. The van der Waals surface area contributed by atoms with Crippen molar-refractivity contribution in [2.45, 2.75) is 30.5 Å². The number of hydrogen-bond donors (Lipinski definition) is 3. The molecule has 19 heavy (non-hydrogen) atoms. The van der Waals surface area contributed by atoms with Crippen LogP contribution in [0.2, 0.25) is 0 Å². The van der Waals surface area contributed by atoms with Gasteiger partial charge in [-0.25, -0.2) is 13.6 Å². The van der Waals surface area contributed by atoms with Crippen LogP contribution >= 0.6 is 0 Å². The molecule has 0 saturated heterocycles. The molecule has 0 radical (unpaired) electrons. The van der Waals surface area contributed by atoms with Gasteiger partial charge in [0, 0.05) is 6.04 Å². The van der Waals surface area contributed by atoms with E-state index in [2.05, 4.69) is 5.32 Å². The van der Waals surface area contributed by atoms with E-state index in [1.54, 1.807) is 0 Å². The number of nitrogen functional groups attached to an aromatic ring is 1. The minimum absolute atomic E-state index is 0.100. The Bertz CT molecular complexity index is 558. The Hall–Kier alpha value is -1.48. The molecule has 5 N–H and O–H groups in total. The summed E-state index contributed by atoms with van der Waals surface area (Å²) in [6.45, 7) is 1.32. The molecule has 0 aromatic heterocycles. The summed E-state index contributed by atoms with van der Waals surface area (Å²) in [5.74, 6) is 0. The summed E-state index contributed by atoms with van der Waals surface area (Å²) < 4.78 is 58.9. The molecule has 0 aliphatic heterocycles. The molecule has 1 aromatic rings. The lowest BCUT2D eigenvalue weighted by Gasteiger charge is -2.18. The number of primary sulfonamides is 1. The molecule has 0 spiro atoms. The molecule has 0 amide bonds. The highest BCUT2D eigenvalue weighted by molar-refractivity contribution is 7.89. The van der Waals surface area contributed by atoms with E-state index in [-0.39, 0.29) is 16.3 Å². The third-order valence-corrected chi connectivity index (χ3v) is 3.20. The number of nitrogens with two attached hydrogens (primary N) is 2. The molecule has 0 fully saturated rings. The first-order chi connectivity index (χ1) is 8.49. The molecule has 0 aliphatic carbocycles. The van der Waals surface area contributed by atoms with Crippen molar-refractivity contribution in [3.63, 3.8) is 0 Å². The van der Waals surface area contributed by atoms with Gasteiger partial charge in [-0.2, -0.15) is 13.2 Å². The zero-order chi connectivity index (χ0) is 14.8. The fraction of sp³-hybridized carbons (Fsp3) is 0.400. The van der Waals surface area contributed by atoms with Crippen molar-refractivity contribution in [3.8, 4) is 0 Å². The zero-order valence-electron chi connectivity index (χ0n) is 10.0. The second kappa shape index (κ2) is 5.25. The maximum Gasteiger partial charge on any atom is 0.391 e. The van der Waals surface area contributed by atoms with Gasteiger partial charge in [-0.15, -0.1) is 0 Å². The Morgan fingerprint density at radius 3 is 2.42 bits per heavy atom. The molecule has 0 bridgehead atoms. The molecule has 1 aromatic carbocycles. The molecule has 1 unspecified atom stereocenters. The average molecular weight is 297 g/mol. The van der Waals surface area contributed by atoms with Crippen LogP contribution in [0, 0.1) is 0 Å². The van der Waals surface area contributed by atoms with Crippen LogP contribution < -0.4 is 16.2 Å². The van der Waals surface area contributed by atoms with Crippen LogP contribution in [0.15, 0.2) is 23.1 Å². The lowest BCUT2D eigenvalue weighted by molar-refractivity contribution is -0.136. The molecule has 108 valence electrons. The monoisotopic (exact) mass is 297 g/mol. The van der Waals surface area contributed by atoms with Crippen molar-refractivity contribution < 1.29 is 21.6 Å². The predicted octanol–water partition coefficient (Wildman–Crippen LogP) is 1.67. The molecule has 9 heteroatoms. The molecule has 0 aliphatic rings. The van der Waals surface area contributed by atoms with Crippen molar-refractivity contribution in [2.75, 3.05) is 11.1 Å². The minimum Gasteiger partial charge on any atom is -0.397 e. The summed E-state index contributed by atoms with van der Waals surface area (Å²) in [5, 5.41) is 7.45. The first-order valence-corrected chi connectivity index (χ1v) is 6.79. The summed E-state index contributed by atoms with van der Waals surface area (Å²) in [5.41, 5.74) is 5.81. The average Bonchev–Trinajstić information content (AvgIpc) is 2.16. The van der Waals surface area contributed by atoms with E-state index in [0.29, 0.717) is 0 Å². The second-order valence-corrected chi connectivity index (χ2v) is 5.72. The van der Waals surface area contributed by atoms with Crippen LogP contribution in [-0.2, 0) is 10.0 Å². The number of alkyl halides is 3. The van der Waals surface area contributed by atoms with Crippen molar-refractivity contribution in [3.05, 3.63) is 18.2 Å². The van der Waals surface area contributed by atoms with Gasteiger partial charge in [0.25, 0.3) is 0 Å². The highest BCUT2D eigenvalue weighted by Gasteiger charge is 2.30. The Kier molecular flexibility index (Phi) is 4.31. The van der Waals surface area contributed by atoms with Gasteiger partial charge >= 0.3 is 6.18 Å². The highest BCUT2D eigenvalue weighted by atomic mass is 32.2. The normalized spacial score (nSPS) is 14.2. The van der Waals surface area contributed by atoms with Crippen LogP contribution in [0.5, 0.6) is 0 Å². The van der Waals surface area contributed by atoms with Gasteiger partial charge in [0.05, 0.1) is 22.7 Å². The summed E-state index contributed by atoms with van der Waals surface area (Å²) in [6, 6.07) is 2.61. The van der Waals surface area contributed by atoms with Crippen LogP contribution in [-0.4, -0.2) is 20.6 Å². The summed E-state index contributed by atoms with van der Waals surface area (Å²) >= 11 is 0. The van der Waals surface area contributed by atoms with Crippen LogP contribution in [0.4, 0.5) is 24.5 Å². The van der Waals surface area contributed by atoms with Gasteiger partial charge in [0.15, 0.2) is 0 Å². The zero-order valence-corrected chi connectivity index (χ0v) is 10.8. The summed E-state index contributed by atoms with van der Waals surface area (Å²) in [7, 11) is -3.93. The Balaban J connectivity index is 2.95. The van der Waals surface area contributed by atoms with Crippen LogP contribution in [0.3, 0.4) is 0 Å². The number of halogens is 3. The van der Waals surface area contributed by atoms with Gasteiger partial charge in [-0.1, -0.05) is 0 Å². The summed E-state index contributed by atoms with van der Waals surface area (Å²) in [4.78, 5) is -0.219. The van der Waals surface area contributed by atoms with E-state index >= 15 is 0 Å². The number of nitrogens with one attached hydrogen (secondary N) is 1. The third kappa shape index (κ3) is 4.95. The molecule has 0 heterocycles. The molecule has 5 nitrogen and oxygen atoms in total. The molecule has 1 rings (SSSR count). The number of anilines is 2. The van der Waals surface area contributed by atoms with Crippen molar-refractivity contribution >= 4 is 21.4 Å². The lowest BCUT2D eigenvalue weighted by atomic mass is 10.2. The highest BCUT2D eigenvalue weighted by Crippen LogP contribution is 2.27. The minimum atomic E-state index is -4.32. The van der Waals surface area contributed by atoms with E-state index in [1.807, 2.05) is 0 Å². The fourth-order valence-corrected chi connectivity index (χ4v) is 2.04. The quantitative estimate of drug-likeness (QED) is 0.736.